The normalized spacial score (nSPS) is 10.1. The number of anilines is 1. The summed E-state index contributed by atoms with van der Waals surface area (Å²) in [6.07, 6.45) is 2.29. The van der Waals surface area contributed by atoms with Gasteiger partial charge >= 0.3 is 0 Å². The Kier molecular flexibility index (Phi) is 5.64. The summed E-state index contributed by atoms with van der Waals surface area (Å²) in [5, 5.41) is 2.93. The summed E-state index contributed by atoms with van der Waals surface area (Å²) in [5.74, 6) is 0.565. The molecule has 1 rings (SSSR count). The van der Waals surface area contributed by atoms with Crippen LogP contribution < -0.4 is 10.2 Å². The summed E-state index contributed by atoms with van der Waals surface area (Å²) >= 11 is 9.24. The van der Waals surface area contributed by atoms with E-state index >= 15 is 0 Å². The van der Waals surface area contributed by atoms with Crippen LogP contribution in [0.3, 0.4) is 0 Å². The Morgan fingerprint density at radius 3 is 2.88 bits per heavy atom. The fraction of sp³-hybridized carbons (Fsp3) is 0.500. The lowest BCUT2D eigenvalue weighted by Gasteiger charge is -2.23. The van der Waals surface area contributed by atoms with Crippen molar-refractivity contribution in [1.82, 2.24) is 15.3 Å². The quantitative estimate of drug-likeness (QED) is 0.841. The molecular weight excluding hydrogens is 307 g/mol. The van der Waals surface area contributed by atoms with Gasteiger partial charge in [0, 0.05) is 13.6 Å². The van der Waals surface area contributed by atoms with Crippen LogP contribution in [0.25, 0.3) is 0 Å². The highest BCUT2D eigenvalue weighted by Crippen LogP contribution is 2.28. The maximum atomic E-state index is 11.4. The lowest BCUT2D eigenvalue weighted by molar-refractivity contribution is -0.119. The van der Waals surface area contributed by atoms with E-state index in [4.69, 9.17) is 11.6 Å². The van der Waals surface area contributed by atoms with Crippen molar-refractivity contribution < 1.29 is 4.79 Å². The van der Waals surface area contributed by atoms with Gasteiger partial charge in [-0.3, -0.25) is 4.79 Å². The molecule has 1 aromatic rings. The molecule has 1 heterocycles. The Morgan fingerprint density at radius 2 is 2.29 bits per heavy atom. The summed E-state index contributed by atoms with van der Waals surface area (Å²) in [6, 6.07) is 0. The summed E-state index contributed by atoms with van der Waals surface area (Å²) in [6.45, 7) is 3.00. The minimum Gasteiger partial charge on any atom is -0.358 e. The van der Waals surface area contributed by atoms with Crippen LogP contribution in [0, 0.1) is 0 Å². The Labute approximate surface area is 114 Å². The standard InChI is InChI=1S/C10H14BrClN4O/c1-3-4-16(5-7(17)13-2)10-8(11)9(12)14-6-15-10/h6H,3-5H2,1-2H3,(H,13,17). The maximum absolute atomic E-state index is 11.4. The molecule has 0 saturated carbocycles. The number of hydrogen-bond acceptors (Lipinski definition) is 4. The van der Waals surface area contributed by atoms with E-state index in [1.807, 2.05) is 11.8 Å². The van der Waals surface area contributed by atoms with E-state index in [0.717, 1.165) is 13.0 Å². The highest BCUT2D eigenvalue weighted by molar-refractivity contribution is 9.10. The number of nitrogens with one attached hydrogen (secondary N) is 1. The topological polar surface area (TPSA) is 58.1 Å². The number of carbonyl (C=O) groups excluding carboxylic acids is 1. The number of hydrogen-bond donors (Lipinski definition) is 1. The second-order valence-corrected chi connectivity index (χ2v) is 4.55. The van der Waals surface area contributed by atoms with Gasteiger partial charge in [0.1, 0.15) is 17.3 Å². The Bertz CT molecular complexity index is 402. The van der Waals surface area contributed by atoms with Crippen LogP contribution in [0.4, 0.5) is 5.82 Å². The van der Waals surface area contributed by atoms with Crippen molar-refractivity contribution in [2.45, 2.75) is 13.3 Å². The molecule has 0 atom stereocenters. The number of halogens is 2. The molecule has 0 spiro atoms. The molecule has 0 radical (unpaired) electrons. The van der Waals surface area contributed by atoms with E-state index in [0.29, 0.717) is 15.4 Å². The first-order valence-electron chi connectivity index (χ1n) is 5.21. The van der Waals surface area contributed by atoms with Gasteiger partial charge in [0.25, 0.3) is 0 Å². The molecule has 0 unspecified atom stereocenters. The molecule has 0 aliphatic heterocycles. The van der Waals surface area contributed by atoms with Gasteiger partial charge in [-0.05, 0) is 22.4 Å². The van der Waals surface area contributed by atoms with Crippen molar-refractivity contribution in [1.29, 1.82) is 0 Å². The molecule has 7 heteroatoms. The second-order valence-electron chi connectivity index (χ2n) is 3.40. The number of aromatic nitrogens is 2. The van der Waals surface area contributed by atoms with Crippen LogP contribution in [0.15, 0.2) is 10.8 Å². The zero-order valence-electron chi connectivity index (χ0n) is 9.70. The van der Waals surface area contributed by atoms with Crippen molar-refractivity contribution in [3.63, 3.8) is 0 Å². The molecule has 1 amide bonds. The second kappa shape index (κ2) is 6.76. The third-order valence-corrected chi connectivity index (χ3v) is 3.38. The van der Waals surface area contributed by atoms with Crippen LogP contribution in [-0.4, -0.2) is 36.0 Å². The lowest BCUT2D eigenvalue weighted by Crippen LogP contribution is -2.36. The summed E-state index contributed by atoms with van der Waals surface area (Å²) < 4.78 is 0.610. The van der Waals surface area contributed by atoms with E-state index in [2.05, 4.69) is 31.2 Å². The van der Waals surface area contributed by atoms with Gasteiger partial charge < -0.3 is 10.2 Å². The molecule has 1 aromatic heterocycles. The number of nitrogens with zero attached hydrogens (tertiary/aromatic N) is 3. The van der Waals surface area contributed by atoms with E-state index in [1.165, 1.54) is 6.33 Å². The Morgan fingerprint density at radius 1 is 1.59 bits per heavy atom. The molecule has 0 aliphatic rings. The van der Waals surface area contributed by atoms with Crippen molar-refractivity contribution in [3.05, 3.63) is 16.0 Å². The Hall–Kier alpha value is -0.880. The first-order chi connectivity index (χ1) is 8.10. The molecular formula is C10H14BrClN4O. The molecule has 0 bridgehead atoms. The molecule has 5 nitrogen and oxygen atoms in total. The number of rotatable bonds is 5. The maximum Gasteiger partial charge on any atom is 0.239 e. The van der Waals surface area contributed by atoms with Crippen LogP contribution in [0.2, 0.25) is 5.15 Å². The van der Waals surface area contributed by atoms with Crippen molar-refractivity contribution in [2.75, 3.05) is 25.0 Å². The highest BCUT2D eigenvalue weighted by Gasteiger charge is 2.16. The van der Waals surface area contributed by atoms with Crippen LogP contribution in [0.5, 0.6) is 0 Å². The number of carbonyl (C=O) groups is 1. The summed E-state index contributed by atoms with van der Waals surface area (Å²) in [4.78, 5) is 21.3. The van der Waals surface area contributed by atoms with Gasteiger partial charge in [-0.2, -0.15) is 0 Å². The predicted octanol–water partition coefficient (Wildman–Crippen LogP) is 1.85. The largest absolute Gasteiger partial charge is 0.358 e. The molecule has 0 aliphatic carbocycles. The zero-order chi connectivity index (χ0) is 12.8. The van der Waals surface area contributed by atoms with E-state index in [-0.39, 0.29) is 12.5 Å². The highest BCUT2D eigenvalue weighted by atomic mass is 79.9. The first-order valence-corrected chi connectivity index (χ1v) is 6.38. The third-order valence-electron chi connectivity index (χ3n) is 2.13. The van der Waals surface area contributed by atoms with Crippen LogP contribution in [0.1, 0.15) is 13.3 Å². The summed E-state index contributed by atoms with van der Waals surface area (Å²) in [5.41, 5.74) is 0. The van der Waals surface area contributed by atoms with Gasteiger partial charge in [0.2, 0.25) is 5.91 Å². The minimum absolute atomic E-state index is 0.0694. The minimum atomic E-state index is -0.0694. The first kappa shape index (κ1) is 14.2. The van der Waals surface area contributed by atoms with E-state index < -0.39 is 0 Å². The van der Waals surface area contributed by atoms with Crippen molar-refractivity contribution in [2.24, 2.45) is 0 Å². The smallest absolute Gasteiger partial charge is 0.239 e. The third kappa shape index (κ3) is 3.81. The van der Waals surface area contributed by atoms with Gasteiger partial charge in [-0.15, -0.1) is 0 Å². The molecule has 0 saturated heterocycles. The molecule has 0 fully saturated rings. The van der Waals surface area contributed by atoms with Crippen LogP contribution in [-0.2, 0) is 4.79 Å². The number of amides is 1. The predicted molar refractivity (Wildman–Crippen MR) is 71.3 cm³/mol. The molecule has 17 heavy (non-hydrogen) atoms. The average molecular weight is 322 g/mol. The van der Waals surface area contributed by atoms with Gasteiger partial charge in [-0.25, -0.2) is 9.97 Å². The van der Waals surface area contributed by atoms with Crippen LogP contribution >= 0.6 is 27.5 Å². The van der Waals surface area contributed by atoms with Crippen molar-refractivity contribution in [3.8, 4) is 0 Å². The Balaban J connectivity index is 2.96. The fourth-order valence-electron chi connectivity index (χ4n) is 1.34. The summed E-state index contributed by atoms with van der Waals surface area (Å²) in [7, 11) is 1.61. The molecule has 1 N–H and O–H groups in total. The molecule has 94 valence electrons. The lowest BCUT2D eigenvalue weighted by atomic mass is 10.3. The van der Waals surface area contributed by atoms with E-state index in [9.17, 15) is 4.79 Å². The zero-order valence-corrected chi connectivity index (χ0v) is 12.0. The monoisotopic (exact) mass is 320 g/mol. The van der Waals surface area contributed by atoms with Crippen molar-refractivity contribution >= 4 is 39.3 Å². The van der Waals surface area contributed by atoms with Gasteiger partial charge in [-0.1, -0.05) is 18.5 Å². The SMILES string of the molecule is CCCN(CC(=O)NC)c1ncnc(Cl)c1Br. The number of likely N-dealkylation sites (N-methyl/N-ethyl adjacent to an activating group) is 1. The van der Waals surface area contributed by atoms with E-state index in [1.54, 1.807) is 7.05 Å². The average Bonchev–Trinajstić information content (AvgIpc) is 2.32. The molecule has 0 aromatic carbocycles. The van der Waals surface area contributed by atoms with Gasteiger partial charge in [0.05, 0.1) is 11.0 Å². The fourth-order valence-corrected chi connectivity index (χ4v) is 1.93. The van der Waals surface area contributed by atoms with Gasteiger partial charge in [0.15, 0.2) is 0 Å².